The van der Waals surface area contributed by atoms with Crippen molar-refractivity contribution < 1.29 is 14.3 Å². The van der Waals surface area contributed by atoms with Crippen molar-refractivity contribution >= 4 is 17.4 Å². The number of Topliss-reactive ketones (excluding diaryl/α,β-unsaturated/α-hetero) is 1. The molecule has 1 unspecified atom stereocenters. The van der Waals surface area contributed by atoms with Gasteiger partial charge < -0.3 is 9.64 Å². The van der Waals surface area contributed by atoms with Crippen LogP contribution in [0.4, 0.5) is 5.69 Å². The molecule has 2 rings (SSSR count). The number of ketones is 1. The number of rotatable bonds is 6. The summed E-state index contributed by atoms with van der Waals surface area (Å²) in [7, 11) is 0. The number of hydrogen-bond acceptors (Lipinski definition) is 4. The van der Waals surface area contributed by atoms with Gasteiger partial charge in [0.15, 0.2) is 0 Å². The average Bonchev–Trinajstić information content (AvgIpc) is 2.72. The maximum Gasteiger partial charge on any atom is 0.340 e. The van der Waals surface area contributed by atoms with Crippen LogP contribution in [0.25, 0.3) is 0 Å². The molecule has 4 heteroatoms. The van der Waals surface area contributed by atoms with Crippen molar-refractivity contribution in [2.45, 2.75) is 18.9 Å². The predicted octanol–water partition coefficient (Wildman–Crippen LogP) is 2.75. The molecular weight excluding hydrogens is 266 g/mol. The van der Waals surface area contributed by atoms with Crippen LogP contribution in [0.15, 0.2) is 49.6 Å². The van der Waals surface area contributed by atoms with E-state index in [9.17, 15) is 9.59 Å². The molecule has 0 bridgehead atoms. The van der Waals surface area contributed by atoms with Gasteiger partial charge in [0.2, 0.25) is 11.3 Å². The van der Waals surface area contributed by atoms with E-state index in [-0.39, 0.29) is 18.8 Å². The summed E-state index contributed by atoms with van der Waals surface area (Å²) in [5, 5.41) is 0. The van der Waals surface area contributed by atoms with Crippen LogP contribution >= 0.6 is 0 Å². The third kappa shape index (κ3) is 2.17. The molecule has 0 N–H and O–H groups in total. The van der Waals surface area contributed by atoms with Gasteiger partial charge in [-0.2, -0.15) is 0 Å². The average molecular weight is 285 g/mol. The van der Waals surface area contributed by atoms with Gasteiger partial charge in [-0.3, -0.25) is 4.79 Å². The summed E-state index contributed by atoms with van der Waals surface area (Å²) < 4.78 is 5.18. The van der Waals surface area contributed by atoms with E-state index in [1.807, 2.05) is 12.1 Å². The normalized spacial score (nSPS) is 20.0. The molecule has 0 radical (unpaired) electrons. The van der Waals surface area contributed by atoms with Gasteiger partial charge in [0.05, 0.1) is 6.61 Å². The van der Waals surface area contributed by atoms with Gasteiger partial charge in [-0.25, -0.2) is 4.79 Å². The summed E-state index contributed by atoms with van der Waals surface area (Å²) in [4.78, 5) is 27.2. The van der Waals surface area contributed by atoms with Crippen molar-refractivity contribution in [3.63, 3.8) is 0 Å². The first-order valence-corrected chi connectivity index (χ1v) is 6.94. The number of carbonyl (C=O) groups excluding carboxylic acids is 2. The lowest BCUT2D eigenvalue weighted by Gasteiger charge is -2.35. The monoisotopic (exact) mass is 285 g/mol. The smallest absolute Gasteiger partial charge is 0.340 e. The van der Waals surface area contributed by atoms with Crippen molar-refractivity contribution in [3.05, 3.63) is 55.1 Å². The van der Waals surface area contributed by atoms with Gasteiger partial charge in [0.25, 0.3) is 0 Å². The van der Waals surface area contributed by atoms with Crippen molar-refractivity contribution in [2.75, 3.05) is 18.1 Å². The van der Waals surface area contributed by atoms with Crippen LogP contribution in [0, 0.1) is 0 Å². The molecule has 0 aliphatic carbocycles. The molecule has 0 saturated carbocycles. The Balaban J connectivity index is 2.62. The standard InChI is InChI=1S/C17H19NO3/c1-4-11-17(16(20)21-6-3)15(19)13-9-7-8-10-14(13)18(17)12-5-2/h4-5,7-10H,1-2,6,11-12H2,3H3. The maximum absolute atomic E-state index is 12.9. The Labute approximate surface area is 124 Å². The first kappa shape index (κ1) is 15.0. The lowest BCUT2D eigenvalue weighted by Crippen LogP contribution is -2.57. The Morgan fingerprint density at radius 3 is 2.67 bits per heavy atom. The number of esters is 1. The Morgan fingerprint density at radius 2 is 2.05 bits per heavy atom. The number of nitrogens with zero attached hydrogens (tertiary/aromatic N) is 1. The second-order valence-electron chi connectivity index (χ2n) is 4.82. The van der Waals surface area contributed by atoms with E-state index < -0.39 is 11.5 Å². The fourth-order valence-corrected chi connectivity index (χ4v) is 2.78. The number of ether oxygens (including phenoxy) is 1. The predicted molar refractivity (Wildman–Crippen MR) is 82.5 cm³/mol. The Hall–Kier alpha value is -2.36. The van der Waals surface area contributed by atoms with Gasteiger partial charge in [-0.05, 0) is 19.1 Å². The van der Waals surface area contributed by atoms with E-state index in [1.54, 1.807) is 36.1 Å². The van der Waals surface area contributed by atoms with E-state index in [4.69, 9.17) is 4.74 Å². The molecule has 1 aliphatic rings. The van der Waals surface area contributed by atoms with Gasteiger partial charge in [-0.15, -0.1) is 13.2 Å². The van der Waals surface area contributed by atoms with Crippen LogP contribution in [0.1, 0.15) is 23.7 Å². The molecule has 21 heavy (non-hydrogen) atoms. The number of anilines is 1. The highest BCUT2D eigenvalue weighted by Gasteiger charge is 2.56. The van der Waals surface area contributed by atoms with Crippen molar-refractivity contribution in [2.24, 2.45) is 0 Å². The van der Waals surface area contributed by atoms with Crippen molar-refractivity contribution in [1.29, 1.82) is 0 Å². The molecule has 1 atom stereocenters. The molecule has 1 aliphatic heterocycles. The second kappa shape index (κ2) is 5.95. The zero-order valence-electron chi connectivity index (χ0n) is 12.2. The summed E-state index contributed by atoms with van der Waals surface area (Å²) >= 11 is 0. The van der Waals surface area contributed by atoms with Crippen LogP contribution in [0.5, 0.6) is 0 Å². The van der Waals surface area contributed by atoms with E-state index in [2.05, 4.69) is 13.2 Å². The van der Waals surface area contributed by atoms with Gasteiger partial charge in [0.1, 0.15) is 0 Å². The van der Waals surface area contributed by atoms with Gasteiger partial charge in [-0.1, -0.05) is 24.3 Å². The zero-order valence-corrected chi connectivity index (χ0v) is 12.2. The van der Waals surface area contributed by atoms with Crippen molar-refractivity contribution in [3.8, 4) is 0 Å². The summed E-state index contributed by atoms with van der Waals surface area (Å²) in [6, 6.07) is 7.20. The molecule has 0 amide bonds. The largest absolute Gasteiger partial charge is 0.464 e. The Kier molecular flexibility index (Phi) is 4.26. The molecule has 1 heterocycles. The van der Waals surface area contributed by atoms with Gasteiger partial charge >= 0.3 is 5.97 Å². The van der Waals surface area contributed by atoms with Crippen LogP contribution in [-0.4, -0.2) is 30.4 Å². The van der Waals surface area contributed by atoms with Crippen LogP contribution < -0.4 is 4.90 Å². The van der Waals surface area contributed by atoms with Crippen molar-refractivity contribution in [1.82, 2.24) is 0 Å². The third-order valence-electron chi connectivity index (χ3n) is 3.64. The van der Waals surface area contributed by atoms with E-state index >= 15 is 0 Å². The molecule has 0 aromatic heterocycles. The van der Waals surface area contributed by atoms with Gasteiger partial charge in [0, 0.05) is 24.2 Å². The molecule has 0 spiro atoms. The number of fused-ring (bicyclic) bond motifs is 1. The number of hydrogen-bond donors (Lipinski definition) is 0. The van der Waals surface area contributed by atoms with Crippen LogP contribution in [-0.2, 0) is 9.53 Å². The first-order chi connectivity index (χ1) is 10.1. The molecule has 1 aromatic carbocycles. The van der Waals surface area contributed by atoms with Crippen LogP contribution in [0.3, 0.4) is 0 Å². The first-order valence-electron chi connectivity index (χ1n) is 6.94. The number of carbonyl (C=O) groups is 2. The summed E-state index contributed by atoms with van der Waals surface area (Å²) in [5.41, 5.74) is -0.0955. The molecule has 0 saturated heterocycles. The lowest BCUT2D eigenvalue weighted by molar-refractivity contribution is -0.147. The quantitative estimate of drug-likeness (QED) is 0.458. The molecule has 0 fully saturated rings. The summed E-state index contributed by atoms with van der Waals surface area (Å²) in [6.07, 6.45) is 3.45. The Bertz CT molecular complexity index is 593. The zero-order chi connectivity index (χ0) is 15.5. The topological polar surface area (TPSA) is 46.6 Å². The number of benzene rings is 1. The molecule has 4 nitrogen and oxygen atoms in total. The minimum atomic E-state index is -1.37. The van der Waals surface area contributed by atoms with Crippen LogP contribution in [0.2, 0.25) is 0 Å². The lowest BCUT2D eigenvalue weighted by atomic mass is 9.88. The highest BCUT2D eigenvalue weighted by Crippen LogP contribution is 2.41. The molecular formula is C17H19NO3. The fourth-order valence-electron chi connectivity index (χ4n) is 2.78. The number of para-hydroxylation sites is 1. The molecule has 1 aromatic rings. The third-order valence-corrected chi connectivity index (χ3v) is 3.64. The minimum absolute atomic E-state index is 0.202. The SMILES string of the molecule is C=CCN1c2ccccc2C(=O)C1(CC=C)C(=O)OCC. The summed E-state index contributed by atoms with van der Waals surface area (Å²) in [6.45, 7) is 9.75. The second-order valence-corrected chi connectivity index (χ2v) is 4.82. The fraction of sp³-hybridized carbons (Fsp3) is 0.294. The van der Waals surface area contributed by atoms with E-state index in [0.717, 1.165) is 5.69 Å². The highest BCUT2D eigenvalue weighted by atomic mass is 16.5. The Morgan fingerprint density at radius 1 is 1.33 bits per heavy atom. The molecule has 110 valence electrons. The van der Waals surface area contributed by atoms with E-state index in [1.165, 1.54) is 0 Å². The maximum atomic E-state index is 12.9. The summed E-state index contributed by atoms with van der Waals surface area (Å²) in [5.74, 6) is -0.772. The minimum Gasteiger partial charge on any atom is -0.464 e. The van der Waals surface area contributed by atoms with E-state index in [0.29, 0.717) is 12.1 Å². The highest BCUT2D eigenvalue weighted by molar-refractivity contribution is 6.25.